The van der Waals surface area contributed by atoms with Gasteiger partial charge in [0, 0.05) is 9.35 Å². The quantitative estimate of drug-likeness (QED) is 0.713. The van der Waals surface area contributed by atoms with E-state index in [9.17, 15) is 13.2 Å². The molecule has 1 heterocycles. The SMILES string of the molecule is COc1ccc(Br)cc1S(=O)(=O)NNC(=O)c1cc2c(s1)CCC2. The summed E-state index contributed by atoms with van der Waals surface area (Å²) in [5, 5.41) is 0. The number of carbonyl (C=O) groups is 1. The zero-order valence-corrected chi connectivity index (χ0v) is 16.0. The Hall–Kier alpha value is -1.42. The van der Waals surface area contributed by atoms with Gasteiger partial charge in [0.1, 0.15) is 10.6 Å². The third-order valence-corrected chi connectivity index (χ3v) is 6.68. The molecule has 2 N–H and O–H groups in total. The summed E-state index contributed by atoms with van der Waals surface area (Å²) in [7, 11) is -2.57. The first-order valence-electron chi connectivity index (χ1n) is 7.18. The van der Waals surface area contributed by atoms with Crippen molar-refractivity contribution in [3.05, 3.63) is 44.1 Å². The summed E-state index contributed by atoms with van der Waals surface area (Å²) in [5.74, 6) is -0.276. The van der Waals surface area contributed by atoms with E-state index in [1.807, 2.05) is 6.07 Å². The van der Waals surface area contributed by atoms with E-state index in [0.29, 0.717) is 9.35 Å². The van der Waals surface area contributed by atoms with Crippen molar-refractivity contribution in [2.24, 2.45) is 0 Å². The van der Waals surface area contributed by atoms with Crippen LogP contribution in [0.5, 0.6) is 5.75 Å². The molecule has 1 aliphatic carbocycles. The summed E-state index contributed by atoms with van der Waals surface area (Å²) >= 11 is 4.63. The molecule has 0 radical (unpaired) electrons. The van der Waals surface area contributed by atoms with Crippen LogP contribution in [0.2, 0.25) is 0 Å². The Morgan fingerprint density at radius 3 is 2.79 bits per heavy atom. The highest BCUT2D eigenvalue weighted by Crippen LogP contribution is 2.30. The number of hydrogen-bond acceptors (Lipinski definition) is 5. The normalized spacial score (nSPS) is 13.6. The summed E-state index contributed by atoms with van der Waals surface area (Å²) < 4.78 is 30.5. The molecule has 0 spiro atoms. The molecule has 24 heavy (non-hydrogen) atoms. The predicted octanol–water partition coefficient (Wildman–Crippen LogP) is 2.63. The van der Waals surface area contributed by atoms with Gasteiger partial charge in [0.2, 0.25) is 0 Å². The summed E-state index contributed by atoms with van der Waals surface area (Å²) in [6.07, 6.45) is 3.06. The minimum absolute atomic E-state index is 0.0617. The lowest BCUT2D eigenvalue weighted by atomic mass is 10.2. The average Bonchev–Trinajstić information content (AvgIpc) is 3.14. The molecule has 1 amide bonds. The van der Waals surface area contributed by atoms with Gasteiger partial charge in [0.05, 0.1) is 12.0 Å². The van der Waals surface area contributed by atoms with Gasteiger partial charge in [0.15, 0.2) is 0 Å². The van der Waals surface area contributed by atoms with E-state index in [2.05, 4.69) is 26.2 Å². The smallest absolute Gasteiger partial charge is 0.276 e. The number of hydrogen-bond donors (Lipinski definition) is 2. The molecule has 1 aliphatic rings. The molecular weight excluding hydrogens is 416 g/mol. The van der Waals surface area contributed by atoms with Crippen LogP contribution in [0.25, 0.3) is 0 Å². The van der Waals surface area contributed by atoms with Crippen LogP contribution in [0.15, 0.2) is 33.6 Å². The van der Waals surface area contributed by atoms with Crippen molar-refractivity contribution in [3.8, 4) is 5.75 Å². The Labute approximate surface area is 152 Å². The molecule has 3 rings (SSSR count). The Morgan fingerprint density at radius 1 is 1.29 bits per heavy atom. The first-order valence-corrected chi connectivity index (χ1v) is 10.3. The van der Waals surface area contributed by atoms with Gasteiger partial charge in [-0.2, -0.15) is 0 Å². The Bertz CT molecular complexity index is 871. The first-order chi connectivity index (χ1) is 11.4. The predicted molar refractivity (Wildman–Crippen MR) is 94.8 cm³/mol. The van der Waals surface area contributed by atoms with E-state index in [4.69, 9.17) is 4.74 Å². The lowest BCUT2D eigenvalue weighted by Crippen LogP contribution is -2.41. The zero-order chi connectivity index (χ0) is 17.3. The molecule has 128 valence electrons. The van der Waals surface area contributed by atoms with Gasteiger partial charge in [-0.15, -0.1) is 16.2 Å². The molecule has 0 aliphatic heterocycles. The van der Waals surface area contributed by atoms with Gasteiger partial charge < -0.3 is 4.74 Å². The largest absolute Gasteiger partial charge is 0.495 e. The van der Waals surface area contributed by atoms with Crippen LogP contribution in [0.1, 0.15) is 26.5 Å². The monoisotopic (exact) mass is 430 g/mol. The zero-order valence-electron chi connectivity index (χ0n) is 12.8. The summed E-state index contributed by atoms with van der Waals surface area (Å²) in [6, 6.07) is 6.44. The van der Waals surface area contributed by atoms with E-state index in [1.54, 1.807) is 6.07 Å². The maximum Gasteiger partial charge on any atom is 0.276 e. The summed E-state index contributed by atoms with van der Waals surface area (Å²) in [5.41, 5.74) is 3.44. The fourth-order valence-corrected chi connectivity index (χ4v) is 5.23. The van der Waals surface area contributed by atoms with Gasteiger partial charge in [-0.05, 0) is 49.1 Å². The van der Waals surface area contributed by atoms with Gasteiger partial charge in [0.25, 0.3) is 15.9 Å². The number of nitrogens with one attached hydrogen (secondary N) is 2. The molecule has 9 heteroatoms. The van der Waals surface area contributed by atoms with Crippen LogP contribution in [0, 0.1) is 0 Å². The second kappa shape index (κ2) is 6.83. The number of methoxy groups -OCH3 is 1. The fraction of sp³-hybridized carbons (Fsp3) is 0.267. The molecule has 0 unspecified atom stereocenters. The molecule has 6 nitrogen and oxygen atoms in total. The summed E-state index contributed by atoms with van der Waals surface area (Å²) in [4.78, 5) is 15.9. The Morgan fingerprint density at radius 2 is 2.08 bits per heavy atom. The molecule has 1 aromatic heterocycles. The molecule has 2 aromatic rings. The average molecular weight is 431 g/mol. The van der Waals surface area contributed by atoms with Crippen molar-refractivity contribution < 1.29 is 17.9 Å². The van der Waals surface area contributed by atoms with E-state index < -0.39 is 15.9 Å². The van der Waals surface area contributed by atoms with Crippen LogP contribution in [0.3, 0.4) is 0 Å². The van der Waals surface area contributed by atoms with Gasteiger partial charge >= 0.3 is 0 Å². The highest BCUT2D eigenvalue weighted by molar-refractivity contribution is 9.10. The topological polar surface area (TPSA) is 84.5 Å². The van der Waals surface area contributed by atoms with E-state index in [1.165, 1.54) is 41.0 Å². The number of halogens is 1. The van der Waals surface area contributed by atoms with E-state index in [-0.39, 0.29) is 10.6 Å². The second-order valence-electron chi connectivity index (χ2n) is 5.27. The number of aryl methyl sites for hydroxylation is 2. The van der Waals surface area contributed by atoms with Crippen LogP contribution in [-0.4, -0.2) is 21.4 Å². The van der Waals surface area contributed by atoms with Gasteiger partial charge in [-0.3, -0.25) is 10.2 Å². The maximum atomic E-state index is 12.4. The van der Waals surface area contributed by atoms with E-state index >= 15 is 0 Å². The molecule has 0 bridgehead atoms. The third-order valence-electron chi connectivity index (χ3n) is 3.68. The lowest BCUT2D eigenvalue weighted by molar-refractivity contribution is 0.0949. The minimum atomic E-state index is -3.96. The molecule has 1 aromatic carbocycles. The number of rotatable bonds is 5. The number of hydrazine groups is 1. The van der Waals surface area contributed by atoms with Crippen molar-refractivity contribution in [1.82, 2.24) is 10.3 Å². The van der Waals surface area contributed by atoms with Gasteiger partial charge in [-0.25, -0.2) is 8.42 Å². The number of benzene rings is 1. The molecule has 0 saturated carbocycles. The number of carbonyl (C=O) groups excluding carboxylic acids is 1. The molecule has 0 fully saturated rings. The van der Waals surface area contributed by atoms with Crippen LogP contribution in [-0.2, 0) is 22.9 Å². The number of fused-ring (bicyclic) bond motifs is 1. The van der Waals surface area contributed by atoms with Gasteiger partial charge in [-0.1, -0.05) is 15.9 Å². The molecule has 0 atom stereocenters. The fourth-order valence-electron chi connectivity index (χ4n) is 2.53. The maximum absolute atomic E-state index is 12.4. The van der Waals surface area contributed by atoms with Crippen LogP contribution in [0.4, 0.5) is 0 Å². The van der Waals surface area contributed by atoms with Crippen LogP contribution >= 0.6 is 27.3 Å². The van der Waals surface area contributed by atoms with Crippen molar-refractivity contribution in [2.45, 2.75) is 24.2 Å². The number of amides is 1. The van der Waals surface area contributed by atoms with Crippen molar-refractivity contribution >= 4 is 43.2 Å². The Kier molecular flexibility index (Phi) is 4.95. The molecule has 0 saturated heterocycles. The summed E-state index contributed by atoms with van der Waals surface area (Å²) in [6.45, 7) is 0. The number of thiophene rings is 1. The van der Waals surface area contributed by atoms with Crippen molar-refractivity contribution in [3.63, 3.8) is 0 Å². The Balaban J connectivity index is 1.75. The van der Waals surface area contributed by atoms with Crippen molar-refractivity contribution in [1.29, 1.82) is 0 Å². The first kappa shape index (κ1) is 17.4. The lowest BCUT2D eigenvalue weighted by Gasteiger charge is -2.11. The standard InChI is InChI=1S/C15H15BrN2O4S2/c1-22-11-6-5-10(16)8-14(11)24(20,21)18-17-15(19)13-7-9-3-2-4-12(9)23-13/h5-8,18H,2-4H2,1H3,(H,17,19). The number of ether oxygens (including phenoxy) is 1. The van der Waals surface area contributed by atoms with Crippen LogP contribution < -0.4 is 15.0 Å². The van der Waals surface area contributed by atoms with E-state index in [0.717, 1.165) is 19.3 Å². The van der Waals surface area contributed by atoms with Crippen molar-refractivity contribution in [2.75, 3.05) is 7.11 Å². The molecular formula is C15H15BrN2O4S2. The minimum Gasteiger partial charge on any atom is -0.495 e. The number of sulfonamides is 1. The highest BCUT2D eigenvalue weighted by atomic mass is 79.9. The third kappa shape index (κ3) is 3.49. The highest BCUT2D eigenvalue weighted by Gasteiger charge is 2.23. The second-order valence-corrected chi connectivity index (χ2v) is 8.97.